The highest BCUT2D eigenvalue weighted by Crippen LogP contribution is 2.36. The molecule has 1 rings (SSSR count). The Labute approximate surface area is 70.4 Å². The fourth-order valence-electron chi connectivity index (χ4n) is 2.23. The molecule has 0 unspecified atom stereocenters. The van der Waals surface area contributed by atoms with Gasteiger partial charge in [-0.1, -0.05) is 33.6 Å². The highest BCUT2D eigenvalue weighted by Gasteiger charge is 2.31. The monoisotopic (exact) mass is 155 g/mol. The second-order valence-corrected chi connectivity index (χ2v) is 4.92. The molecule has 1 saturated carbocycles. The summed E-state index contributed by atoms with van der Waals surface area (Å²) in [6.07, 6.45) is 5.30. The smallest absolute Gasteiger partial charge is 0.00721 e. The van der Waals surface area contributed by atoms with E-state index >= 15 is 0 Å². The molecule has 1 fully saturated rings. The van der Waals surface area contributed by atoms with Gasteiger partial charge in [-0.2, -0.15) is 0 Å². The summed E-state index contributed by atoms with van der Waals surface area (Å²) in [5.41, 5.74) is 6.48. The van der Waals surface area contributed by atoms with Crippen molar-refractivity contribution in [2.75, 3.05) is 0 Å². The first-order valence-corrected chi connectivity index (χ1v) is 4.77. The third kappa shape index (κ3) is 2.19. The number of rotatable bonds is 0. The summed E-state index contributed by atoms with van der Waals surface area (Å²) in [5, 5.41) is 0. The van der Waals surface area contributed by atoms with Crippen LogP contribution in [0.1, 0.15) is 46.5 Å². The van der Waals surface area contributed by atoms with Crippen molar-refractivity contribution in [1.82, 2.24) is 0 Å². The van der Waals surface area contributed by atoms with Crippen LogP contribution < -0.4 is 5.73 Å². The molecule has 0 saturated heterocycles. The van der Waals surface area contributed by atoms with Gasteiger partial charge < -0.3 is 5.73 Å². The van der Waals surface area contributed by atoms with Gasteiger partial charge in [0.05, 0.1) is 0 Å². The van der Waals surface area contributed by atoms with Crippen LogP contribution in [0, 0.1) is 11.3 Å². The molecule has 2 atom stereocenters. The van der Waals surface area contributed by atoms with E-state index in [1.807, 2.05) is 0 Å². The molecule has 66 valence electrons. The molecular formula is C10H21N. The Hall–Kier alpha value is -0.0400. The van der Waals surface area contributed by atoms with Gasteiger partial charge in [0.2, 0.25) is 0 Å². The Morgan fingerprint density at radius 1 is 1.09 bits per heavy atom. The predicted octanol–water partition coefficient (Wildman–Crippen LogP) is 2.55. The largest absolute Gasteiger partial charge is 0.327 e. The van der Waals surface area contributed by atoms with Gasteiger partial charge in [-0.15, -0.1) is 0 Å². The summed E-state index contributed by atoms with van der Waals surface area (Å²) < 4.78 is 0. The van der Waals surface area contributed by atoms with Crippen molar-refractivity contribution in [2.24, 2.45) is 17.1 Å². The van der Waals surface area contributed by atoms with Gasteiger partial charge in [0.15, 0.2) is 0 Å². The van der Waals surface area contributed by atoms with Crippen molar-refractivity contribution >= 4 is 0 Å². The SMILES string of the molecule is CC(C)(C)[C@H]1CCCC[C@H]1N. The average Bonchev–Trinajstić information content (AvgIpc) is 1.86. The van der Waals surface area contributed by atoms with E-state index < -0.39 is 0 Å². The van der Waals surface area contributed by atoms with Crippen molar-refractivity contribution in [2.45, 2.75) is 52.5 Å². The lowest BCUT2D eigenvalue weighted by Crippen LogP contribution is -2.40. The fourth-order valence-corrected chi connectivity index (χ4v) is 2.23. The standard InChI is InChI=1S/C10H21N/c1-10(2,3)8-6-4-5-7-9(8)11/h8-9H,4-7,11H2,1-3H3/t8-,9+/m0/s1. The van der Waals surface area contributed by atoms with E-state index in [1.165, 1.54) is 25.7 Å². The quantitative estimate of drug-likeness (QED) is 0.571. The Kier molecular flexibility index (Phi) is 2.58. The topological polar surface area (TPSA) is 26.0 Å². The van der Waals surface area contributed by atoms with Crippen LogP contribution in [0.15, 0.2) is 0 Å². The Morgan fingerprint density at radius 3 is 2.00 bits per heavy atom. The second kappa shape index (κ2) is 3.14. The van der Waals surface area contributed by atoms with Crippen molar-refractivity contribution in [3.8, 4) is 0 Å². The van der Waals surface area contributed by atoms with E-state index in [-0.39, 0.29) is 0 Å². The van der Waals surface area contributed by atoms with Crippen molar-refractivity contribution in [3.05, 3.63) is 0 Å². The summed E-state index contributed by atoms with van der Waals surface area (Å²) >= 11 is 0. The molecule has 1 aliphatic carbocycles. The maximum absolute atomic E-state index is 6.07. The maximum atomic E-state index is 6.07. The van der Waals surface area contributed by atoms with Crippen LogP contribution >= 0.6 is 0 Å². The van der Waals surface area contributed by atoms with Gasteiger partial charge in [-0.05, 0) is 24.2 Å². The molecule has 0 spiro atoms. The molecule has 0 radical (unpaired) electrons. The number of nitrogens with two attached hydrogens (primary N) is 1. The van der Waals surface area contributed by atoms with Crippen molar-refractivity contribution in [1.29, 1.82) is 0 Å². The molecule has 0 heterocycles. The van der Waals surface area contributed by atoms with Crippen LogP contribution in [-0.2, 0) is 0 Å². The zero-order valence-corrected chi connectivity index (χ0v) is 8.06. The first kappa shape index (κ1) is 9.05. The molecule has 1 aliphatic rings. The minimum Gasteiger partial charge on any atom is -0.327 e. The lowest BCUT2D eigenvalue weighted by Gasteiger charge is -2.38. The third-order valence-electron chi connectivity index (χ3n) is 2.93. The molecule has 0 amide bonds. The first-order chi connectivity index (χ1) is 5.02. The zero-order valence-electron chi connectivity index (χ0n) is 8.06. The van der Waals surface area contributed by atoms with E-state index in [0.29, 0.717) is 11.5 Å². The van der Waals surface area contributed by atoms with Gasteiger partial charge in [0.25, 0.3) is 0 Å². The van der Waals surface area contributed by atoms with E-state index in [0.717, 1.165) is 5.92 Å². The molecule has 0 bridgehead atoms. The fraction of sp³-hybridized carbons (Fsp3) is 1.00. The van der Waals surface area contributed by atoms with Gasteiger partial charge in [-0.3, -0.25) is 0 Å². The Balaban J connectivity index is 2.55. The van der Waals surface area contributed by atoms with Crippen LogP contribution in [0.5, 0.6) is 0 Å². The van der Waals surface area contributed by atoms with Crippen molar-refractivity contribution < 1.29 is 0 Å². The summed E-state index contributed by atoms with van der Waals surface area (Å²) in [4.78, 5) is 0. The lowest BCUT2D eigenvalue weighted by molar-refractivity contribution is 0.153. The predicted molar refractivity (Wildman–Crippen MR) is 49.4 cm³/mol. The highest BCUT2D eigenvalue weighted by molar-refractivity contribution is 4.85. The Morgan fingerprint density at radius 2 is 1.64 bits per heavy atom. The van der Waals surface area contributed by atoms with E-state index in [2.05, 4.69) is 20.8 Å². The van der Waals surface area contributed by atoms with Gasteiger partial charge >= 0.3 is 0 Å². The van der Waals surface area contributed by atoms with Crippen LogP contribution in [0.3, 0.4) is 0 Å². The molecule has 0 aromatic heterocycles. The van der Waals surface area contributed by atoms with Gasteiger partial charge in [0, 0.05) is 6.04 Å². The summed E-state index contributed by atoms with van der Waals surface area (Å²) in [6.45, 7) is 6.93. The van der Waals surface area contributed by atoms with Crippen LogP contribution in [0.4, 0.5) is 0 Å². The zero-order chi connectivity index (χ0) is 8.48. The molecule has 1 nitrogen and oxygen atoms in total. The summed E-state index contributed by atoms with van der Waals surface area (Å²) in [6, 6.07) is 0.462. The second-order valence-electron chi connectivity index (χ2n) is 4.92. The van der Waals surface area contributed by atoms with Gasteiger partial charge in [0.1, 0.15) is 0 Å². The van der Waals surface area contributed by atoms with E-state index in [9.17, 15) is 0 Å². The minimum atomic E-state index is 0.417. The average molecular weight is 155 g/mol. The number of hydrogen-bond donors (Lipinski definition) is 1. The maximum Gasteiger partial charge on any atom is 0.00721 e. The minimum absolute atomic E-state index is 0.417. The highest BCUT2D eigenvalue weighted by atomic mass is 14.7. The number of hydrogen-bond acceptors (Lipinski definition) is 1. The normalized spacial score (nSPS) is 33.8. The van der Waals surface area contributed by atoms with Crippen molar-refractivity contribution in [3.63, 3.8) is 0 Å². The van der Waals surface area contributed by atoms with Gasteiger partial charge in [-0.25, -0.2) is 0 Å². The van der Waals surface area contributed by atoms with E-state index in [4.69, 9.17) is 5.73 Å². The first-order valence-electron chi connectivity index (χ1n) is 4.77. The lowest BCUT2D eigenvalue weighted by atomic mass is 9.70. The molecule has 1 heteroatoms. The van der Waals surface area contributed by atoms with Crippen LogP contribution in [0.25, 0.3) is 0 Å². The Bertz CT molecular complexity index is 123. The summed E-state index contributed by atoms with van der Waals surface area (Å²) in [7, 11) is 0. The van der Waals surface area contributed by atoms with Crippen LogP contribution in [-0.4, -0.2) is 6.04 Å². The van der Waals surface area contributed by atoms with Crippen LogP contribution in [0.2, 0.25) is 0 Å². The third-order valence-corrected chi connectivity index (χ3v) is 2.93. The molecule has 0 aromatic rings. The summed E-state index contributed by atoms with van der Waals surface area (Å²) in [5.74, 6) is 0.747. The molecular weight excluding hydrogens is 134 g/mol. The molecule has 0 aromatic carbocycles. The van der Waals surface area contributed by atoms with E-state index in [1.54, 1.807) is 0 Å². The molecule has 11 heavy (non-hydrogen) atoms. The molecule has 2 N–H and O–H groups in total. The molecule has 0 aliphatic heterocycles.